The average molecular weight is 344 g/mol. The maximum atomic E-state index is 12.7. The van der Waals surface area contributed by atoms with Gasteiger partial charge in [0.05, 0.1) is 25.1 Å². The van der Waals surface area contributed by atoms with Gasteiger partial charge in [0.15, 0.2) is 0 Å². The Kier molecular flexibility index (Phi) is 3.77. The molecule has 3 aliphatic rings. The number of carbonyl (C=O) groups is 2. The summed E-state index contributed by atoms with van der Waals surface area (Å²) >= 11 is 0. The topological polar surface area (TPSA) is 99.1 Å². The normalized spacial score (nSPS) is 33.6. The van der Waals surface area contributed by atoms with Crippen molar-refractivity contribution in [3.8, 4) is 5.75 Å². The van der Waals surface area contributed by atoms with Gasteiger partial charge in [0.1, 0.15) is 24.1 Å². The van der Waals surface area contributed by atoms with Gasteiger partial charge in [-0.05, 0) is 12.1 Å². The van der Waals surface area contributed by atoms with E-state index in [9.17, 15) is 19.8 Å². The molecule has 4 rings (SSSR count). The second kappa shape index (κ2) is 5.86. The number of rotatable bonds is 6. The number of hydrogen-bond acceptors (Lipinski definition) is 6. The lowest BCUT2D eigenvalue weighted by Gasteiger charge is -2.25. The molecule has 0 unspecified atom stereocenters. The Balaban J connectivity index is 1.40. The summed E-state index contributed by atoms with van der Waals surface area (Å²) in [5, 5.41) is 21.6. The van der Waals surface area contributed by atoms with E-state index in [1.54, 1.807) is 24.3 Å². The van der Waals surface area contributed by atoms with Crippen LogP contribution in [-0.4, -0.2) is 59.4 Å². The highest BCUT2D eigenvalue weighted by Gasteiger charge is 2.65. The number of aliphatic carboxylic acids is 1. The molecule has 0 aliphatic carbocycles. The fourth-order valence-corrected chi connectivity index (χ4v) is 4.02. The number of fused-ring (bicyclic) bond motifs is 1. The molecule has 25 heavy (non-hydrogen) atoms. The molecule has 1 spiro atoms. The number of para-hydroxylation sites is 1. The molecule has 2 bridgehead atoms. The zero-order valence-electron chi connectivity index (χ0n) is 13.4. The van der Waals surface area contributed by atoms with Gasteiger partial charge in [0.25, 0.3) is 0 Å². The van der Waals surface area contributed by atoms with Crippen LogP contribution in [0.5, 0.6) is 5.75 Å². The maximum Gasteiger partial charge on any atom is 0.230 e. The molecule has 3 heterocycles. The third-order valence-corrected chi connectivity index (χ3v) is 5.07. The molecular formula is C18H18NO6-. The van der Waals surface area contributed by atoms with E-state index in [4.69, 9.17) is 9.47 Å². The summed E-state index contributed by atoms with van der Waals surface area (Å²) in [6.45, 7) is 0.329. The number of carbonyl (C=O) groups excluding carboxylic acids is 2. The van der Waals surface area contributed by atoms with Gasteiger partial charge < -0.3 is 29.4 Å². The fraction of sp³-hybridized carbons (Fsp3) is 0.444. The van der Waals surface area contributed by atoms with E-state index in [0.29, 0.717) is 5.75 Å². The van der Waals surface area contributed by atoms with Gasteiger partial charge in [0, 0.05) is 11.9 Å². The molecule has 3 aliphatic heterocycles. The number of aliphatic hydroxyl groups is 1. The number of β-amino-alcohol motifs (C(OH)–C–C–N with tert-alkyl or cyclic N) is 1. The Morgan fingerprint density at radius 1 is 1.44 bits per heavy atom. The molecule has 5 atom stereocenters. The van der Waals surface area contributed by atoms with E-state index in [-0.39, 0.29) is 25.6 Å². The van der Waals surface area contributed by atoms with Crippen molar-refractivity contribution < 1.29 is 29.3 Å². The van der Waals surface area contributed by atoms with Crippen LogP contribution in [0.15, 0.2) is 42.5 Å². The van der Waals surface area contributed by atoms with Crippen molar-refractivity contribution >= 4 is 11.9 Å². The Morgan fingerprint density at radius 2 is 2.20 bits per heavy atom. The van der Waals surface area contributed by atoms with Gasteiger partial charge in [-0.1, -0.05) is 30.4 Å². The minimum Gasteiger partial charge on any atom is -0.550 e. The van der Waals surface area contributed by atoms with E-state index >= 15 is 0 Å². The summed E-state index contributed by atoms with van der Waals surface area (Å²) in [6, 6.07) is 9.07. The zero-order chi connectivity index (χ0) is 17.6. The van der Waals surface area contributed by atoms with Crippen molar-refractivity contribution in [2.24, 2.45) is 11.8 Å². The number of carboxylic acid groups (broad SMARTS) is 1. The van der Waals surface area contributed by atoms with E-state index in [1.165, 1.54) is 4.90 Å². The quantitative estimate of drug-likeness (QED) is 0.662. The van der Waals surface area contributed by atoms with Crippen LogP contribution in [0.3, 0.4) is 0 Å². The molecular weight excluding hydrogens is 326 g/mol. The first-order valence-corrected chi connectivity index (χ1v) is 8.23. The van der Waals surface area contributed by atoms with Crippen LogP contribution in [0.25, 0.3) is 0 Å². The number of carboxylic acids is 1. The Labute approximate surface area is 144 Å². The molecule has 7 nitrogen and oxygen atoms in total. The van der Waals surface area contributed by atoms with Gasteiger partial charge in [-0.2, -0.15) is 0 Å². The zero-order valence-corrected chi connectivity index (χ0v) is 13.4. The minimum atomic E-state index is -1.27. The molecule has 1 aromatic carbocycles. The Bertz CT molecular complexity index is 720. The van der Waals surface area contributed by atoms with Crippen LogP contribution in [0.4, 0.5) is 0 Å². The number of aliphatic hydroxyl groups excluding tert-OH is 1. The third-order valence-electron chi connectivity index (χ3n) is 5.07. The Hall–Kier alpha value is -2.38. The lowest BCUT2D eigenvalue weighted by atomic mass is 9.77. The average Bonchev–Trinajstić information content (AvgIpc) is 3.22. The highest BCUT2D eigenvalue weighted by Crippen LogP contribution is 2.51. The van der Waals surface area contributed by atoms with Crippen LogP contribution < -0.4 is 9.84 Å². The second-order valence-electron chi connectivity index (χ2n) is 6.72. The first-order chi connectivity index (χ1) is 12.0. The van der Waals surface area contributed by atoms with E-state index in [2.05, 4.69) is 0 Å². The molecule has 1 amide bonds. The van der Waals surface area contributed by atoms with Gasteiger partial charge in [-0.15, -0.1) is 0 Å². The summed E-state index contributed by atoms with van der Waals surface area (Å²) in [5.41, 5.74) is -0.910. The van der Waals surface area contributed by atoms with Crippen molar-refractivity contribution in [3.63, 3.8) is 0 Å². The molecule has 1 aromatic rings. The van der Waals surface area contributed by atoms with Gasteiger partial charge in [0.2, 0.25) is 5.91 Å². The summed E-state index contributed by atoms with van der Waals surface area (Å²) in [7, 11) is 0. The van der Waals surface area contributed by atoms with E-state index in [0.717, 1.165) is 0 Å². The lowest BCUT2D eigenvalue weighted by molar-refractivity contribution is -0.313. The van der Waals surface area contributed by atoms with Crippen LogP contribution in [0, 0.1) is 11.8 Å². The number of ether oxygens (including phenoxy) is 2. The summed E-state index contributed by atoms with van der Waals surface area (Å²) in [6.07, 6.45) is 1.96. The van der Waals surface area contributed by atoms with Crippen LogP contribution >= 0.6 is 0 Å². The first kappa shape index (κ1) is 16.1. The number of benzene rings is 1. The smallest absolute Gasteiger partial charge is 0.230 e. The van der Waals surface area contributed by atoms with Crippen molar-refractivity contribution in [1.29, 1.82) is 0 Å². The molecule has 0 aromatic heterocycles. The van der Waals surface area contributed by atoms with Crippen molar-refractivity contribution in [3.05, 3.63) is 42.5 Å². The van der Waals surface area contributed by atoms with Gasteiger partial charge in [-0.3, -0.25) is 4.79 Å². The molecule has 0 radical (unpaired) electrons. The van der Waals surface area contributed by atoms with Gasteiger partial charge in [-0.25, -0.2) is 0 Å². The van der Waals surface area contributed by atoms with Crippen molar-refractivity contribution in [1.82, 2.24) is 4.90 Å². The molecule has 2 saturated heterocycles. The lowest BCUT2D eigenvalue weighted by Crippen LogP contribution is -2.45. The minimum absolute atomic E-state index is 0.0364. The molecule has 132 valence electrons. The van der Waals surface area contributed by atoms with Crippen molar-refractivity contribution in [2.75, 3.05) is 19.7 Å². The van der Waals surface area contributed by atoms with E-state index in [1.807, 2.05) is 18.2 Å². The summed E-state index contributed by atoms with van der Waals surface area (Å²) < 4.78 is 11.3. The monoisotopic (exact) mass is 344 g/mol. The van der Waals surface area contributed by atoms with Gasteiger partial charge >= 0.3 is 0 Å². The van der Waals surface area contributed by atoms with Crippen LogP contribution in [-0.2, 0) is 14.3 Å². The first-order valence-electron chi connectivity index (χ1n) is 8.23. The summed E-state index contributed by atoms with van der Waals surface area (Å²) in [5.74, 6) is -2.72. The molecule has 7 heteroatoms. The third kappa shape index (κ3) is 2.60. The SMILES string of the molecule is O=C([O-])[C@H]1[C@H]2C=C[C@]3(CN(C[C@@H](O)COc4ccccc4)C(=O)[C@@H]13)O2. The van der Waals surface area contributed by atoms with Crippen LogP contribution in [0.1, 0.15) is 0 Å². The largest absolute Gasteiger partial charge is 0.550 e. The molecule has 1 N–H and O–H groups in total. The number of nitrogens with zero attached hydrogens (tertiary/aromatic N) is 1. The van der Waals surface area contributed by atoms with Crippen molar-refractivity contribution in [2.45, 2.75) is 17.8 Å². The van der Waals surface area contributed by atoms with E-state index < -0.39 is 35.6 Å². The molecule has 0 saturated carbocycles. The molecule has 2 fully saturated rings. The predicted molar refractivity (Wildman–Crippen MR) is 83.3 cm³/mol. The Morgan fingerprint density at radius 3 is 2.92 bits per heavy atom. The number of likely N-dealkylation sites (tertiary alicyclic amines) is 1. The summed E-state index contributed by atoms with van der Waals surface area (Å²) in [4.78, 5) is 25.5. The second-order valence-corrected chi connectivity index (χ2v) is 6.72. The number of hydrogen-bond donors (Lipinski definition) is 1. The standard InChI is InChI=1S/C18H19NO6/c20-11(9-24-12-4-2-1-3-5-12)8-19-10-18-7-6-13(25-18)14(17(22)23)15(18)16(19)21/h1-7,11,13-15,20H,8-10H2,(H,22,23)/p-1/t11-,13-,14+,15-,18-/m1/s1. The number of amides is 1. The fourth-order valence-electron chi connectivity index (χ4n) is 4.02. The van der Waals surface area contributed by atoms with Crippen LogP contribution in [0.2, 0.25) is 0 Å². The maximum absolute atomic E-state index is 12.7. The highest BCUT2D eigenvalue weighted by atomic mass is 16.5. The highest BCUT2D eigenvalue weighted by molar-refractivity contribution is 5.90. The predicted octanol–water partition coefficient (Wildman–Crippen LogP) is -1.04.